The summed E-state index contributed by atoms with van der Waals surface area (Å²) in [6.45, 7) is 2.31. The molecule has 1 aromatic heterocycles. The van der Waals surface area contributed by atoms with Gasteiger partial charge in [-0.2, -0.15) is 0 Å². The molecule has 11 heteroatoms. The van der Waals surface area contributed by atoms with E-state index in [0.29, 0.717) is 6.54 Å². The van der Waals surface area contributed by atoms with Crippen molar-refractivity contribution in [1.82, 2.24) is 9.88 Å². The molecular weight excluding hydrogens is 464 g/mol. The van der Waals surface area contributed by atoms with E-state index >= 15 is 0 Å². The number of hydrogen-bond acceptors (Lipinski definition) is 8. The number of esters is 1. The average molecular weight is 485 g/mol. The van der Waals surface area contributed by atoms with E-state index in [1.807, 2.05) is 24.4 Å². The van der Waals surface area contributed by atoms with E-state index in [4.69, 9.17) is 4.74 Å². The second-order valence-corrected chi connectivity index (χ2v) is 10.6. The van der Waals surface area contributed by atoms with Gasteiger partial charge in [0.15, 0.2) is 6.61 Å². The van der Waals surface area contributed by atoms with Crippen molar-refractivity contribution in [2.45, 2.75) is 13.3 Å². The number of sulfonamides is 1. The Balaban J connectivity index is 1.23. The van der Waals surface area contributed by atoms with Crippen LogP contribution in [0.25, 0.3) is 11.3 Å². The highest BCUT2D eigenvalue weighted by Crippen LogP contribution is 2.32. The summed E-state index contributed by atoms with van der Waals surface area (Å²) in [5.74, 6) is -0.818. The van der Waals surface area contributed by atoms with Gasteiger partial charge in [-0.25, -0.2) is 18.2 Å². The number of amides is 1. The molecule has 3 aliphatic heterocycles. The summed E-state index contributed by atoms with van der Waals surface area (Å²) in [6, 6.07) is 5.91. The minimum Gasteiger partial charge on any atom is -0.452 e. The Morgan fingerprint density at radius 2 is 2.06 bits per heavy atom. The van der Waals surface area contributed by atoms with Gasteiger partial charge in [0, 0.05) is 35.9 Å². The van der Waals surface area contributed by atoms with Crippen molar-refractivity contribution in [3.63, 3.8) is 0 Å². The number of nitrogens with zero attached hydrogens (tertiary/aromatic N) is 4. The van der Waals surface area contributed by atoms with E-state index in [1.54, 1.807) is 21.1 Å². The fourth-order valence-corrected chi connectivity index (χ4v) is 5.52. The topological polar surface area (TPSA) is 109 Å². The van der Waals surface area contributed by atoms with Crippen LogP contribution < -0.4 is 4.90 Å². The van der Waals surface area contributed by atoms with Gasteiger partial charge in [-0.3, -0.25) is 4.79 Å². The number of anilines is 1. The zero-order valence-corrected chi connectivity index (χ0v) is 19.4. The summed E-state index contributed by atoms with van der Waals surface area (Å²) in [4.78, 5) is 32.9. The van der Waals surface area contributed by atoms with Gasteiger partial charge < -0.3 is 14.5 Å². The lowest BCUT2D eigenvalue weighted by Crippen LogP contribution is -2.37. The fraction of sp³-hybridized carbons (Fsp3) is 0.273. The van der Waals surface area contributed by atoms with Crippen molar-refractivity contribution >= 4 is 44.8 Å². The van der Waals surface area contributed by atoms with Gasteiger partial charge in [0.05, 0.1) is 22.0 Å². The molecule has 1 aromatic carbocycles. The molecule has 0 bridgehead atoms. The largest absolute Gasteiger partial charge is 0.452 e. The molecule has 0 saturated carbocycles. The second-order valence-electron chi connectivity index (χ2n) is 7.81. The summed E-state index contributed by atoms with van der Waals surface area (Å²) in [5, 5.41) is 3.02. The van der Waals surface area contributed by atoms with Gasteiger partial charge in [-0.05, 0) is 43.2 Å². The first-order valence-corrected chi connectivity index (χ1v) is 12.8. The number of aromatic nitrogens is 1. The molecule has 0 radical (unpaired) electrons. The molecular formula is C22H20N4O5S2. The Morgan fingerprint density at radius 3 is 2.85 bits per heavy atom. The molecule has 0 unspecified atom stereocenters. The first-order chi connectivity index (χ1) is 15.8. The van der Waals surface area contributed by atoms with Crippen LogP contribution in [0.2, 0.25) is 0 Å². The van der Waals surface area contributed by atoms with E-state index in [1.165, 1.54) is 18.4 Å². The third kappa shape index (κ3) is 4.33. The third-order valence-electron chi connectivity index (χ3n) is 5.58. The molecule has 0 atom stereocenters. The Labute approximate surface area is 194 Å². The SMILES string of the molecule is Cc1nc(-c2ccc3c(c2)CCN3C(=O)COC(=O)C2=CN3CCS(=O)(=O)N=C3C=C2)cs1. The first kappa shape index (κ1) is 21.5. The average Bonchev–Trinajstić information content (AvgIpc) is 3.42. The molecule has 33 heavy (non-hydrogen) atoms. The molecule has 5 rings (SSSR count). The maximum absolute atomic E-state index is 12.8. The lowest BCUT2D eigenvalue weighted by atomic mass is 10.1. The van der Waals surface area contributed by atoms with Crippen LogP contribution in [-0.4, -0.2) is 61.5 Å². The maximum Gasteiger partial charge on any atom is 0.340 e. The van der Waals surface area contributed by atoms with Crippen LogP contribution in [0.1, 0.15) is 10.6 Å². The molecule has 9 nitrogen and oxygen atoms in total. The van der Waals surface area contributed by atoms with Crippen LogP contribution in [0.4, 0.5) is 5.69 Å². The zero-order chi connectivity index (χ0) is 23.2. The molecule has 0 N–H and O–H groups in total. The zero-order valence-electron chi connectivity index (χ0n) is 17.7. The van der Waals surface area contributed by atoms with Gasteiger partial charge in [0.25, 0.3) is 15.9 Å². The normalized spacial score (nSPS) is 18.3. The van der Waals surface area contributed by atoms with Crippen LogP contribution in [-0.2, 0) is 30.8 Å². The number of aryl methyl sites for hydroxylation is 1. The predicted octanol–water partition coefficient (Wildman–Crippen LogP) is 2.05. The van der Waals surface area contributed by atoms with E-state index in [2.05, 4.69) is 15.4 Å². The lowest BCUT2D eigenvalue weighted by molar-refractivity contribution is -0.143. The number of ether oxygens (including phenoxy) is 1. The molecule has 0 fully saturated rings. The van der Waals surface area contributed by atoms with Crippen molar-refractivity contribution in [2.75, 3.05) is 30.3 Å². The molecule has 4 heterocycles. The summed E-state index contributed by atoms with van der Waals surface area (Å²) >= 11 is 1.60. The van der Waals surface area contributed by atoms with Gasteiger partial charge in [0.2, 0.25) is 0 Å². The fourth-order valence-electron chi connectivity index (χ4n) is 3.93. The Morgan fingerprint density at radius 1 is 1.21 bits per heavy atom. The quantitative estimate of drug-likeness (QED) is 0.611. The van der Waals surface area contributed by atoms with Crippen molar-refractivity contribution in [3.8, 4) is 11.3 Å². The Kier molecular flexibility index (Phi) is 5.37. The smallest absolute Gasteiger partial charge is 0.340 e. The highest BCUT2D eigenvalue weighted by atomic mass is 32.2. The summed E-state index contributed by atoms with van der Waals surface area (Å²) in [7, 11) is -3.47. The Hall–Kier alpha value is -3.31. The molecule has 2 aromatic rings. The van der Waals surface area contributed by atoms with Crippen molar-refractivity contribution in [3.05, 3.63) is 58.1 Å². The van der Waals surface area contributed by atoms with E-state index < -0.39 is 16.0 Å². The van der Waals surface area contributed by atoms with Gasteiger partial charge in [0.1, 0.15) is 5.84 Å². The molecule has 3 aliphatic rings. The van der Waals surface area contributed by atoms with Crippen LogP contribution in [0.5, 0.6) is 0 Å². The van der Waals surface area contributed by atoms with Crippen LogP contribution >= 0.6 is 11.3 Å². The second kappa shape index (κ2) is 8.23. The third-order valence-corrected chi connectivity index (χ3v) is 7.51. The summed E-state index contributed by atoms with van der Waals surface area (Å²) in [5.41, 5.74) is 4.04. The van der Waals surface area contributed by atoms with Gasteiger partial charge in [-0.15, -0.1) is 15.7 Å². The summed E-state index contributed by atoms with van der Waals surface area (Å²) in [6.07, 6.45) is 5.11. The number of hydrogen-bond donors (Lipinski definition) is 0. The van der Waals surface area contributed by atoms with Crippen LogP contribution in [0.3, 0.4) is 0 Å². The highest BCUT2D eigenvalue weighted by Gasteiger charge is 2.28. The number of fused-ring (bicyclic) bond motifs is 2. The van der Waals surface area contributed by atoms with Crippen molar-refractivity contribution in [2.24, 2.45) is 4.40 Å². The number of amidine groups is 1. The highest BCUT2D eigenvalue weighted by molar-refractivity contribution is 7.90. The first-order valence-electron chi connectivity index (χ1n) is 10.3. The van der Waals surface area contributed by atoms with Crippen LogP contribution in [0.15, 0.2) is 51.9 Å². The van der Waals surface area contributed by atoms with E-state index in [-0.39, 0.29) is 36.2 Å². The monoisotopic (exact) mass is 484 g/mol. The molecule has 1 amide bonds. The number of thiazole rings is 1. The number of carbonyl (C=O) groups excluding carboxylic acids is 2. The Bertz CT molecular complexity index is 1360. The maximum atomic E-state index is 12.8. The number of carbonyl (C=O) groups is 2. The van der Waals surface area contributed by atoms with E-state index in [9.17, 15) is 18.0 Å². The summed E-state index contributed by atoms with van der Waals surface area (Å²) < 4.78 is 32.1. The number of rotatable bonds is 4. The number of benzene rings is 1. The standard InChI is InChI=1S/C22H20N4O5S2/c1-14-23-18(13-32-14)15-2-4-19-16(10-15)6-7-26(19)21(27)12-31-22(28)17-3-5-20-24-33(29,30)9-8-25(20)11-17/h2-5,10-11,13H,6-9,12H2,1H3. The van der Waals surface area contributed by atoms with Crippen molar-refractivity contribution in [1.29, 1.82) is 0 Å². The van der Waals surface area contributed by atoms with Gasteiger partial charge >= 0.3 is 5.97 Å². The van der Waals surface area contributed by atoms with E-state index in [0.717, 1.165) is 33.9 Å². The minimum atomic E-state index is -3.47. The molecule has 0 saturated heterocycles. The lowest BCUT2D eigenvalue weighted by Gasteiger charge is -2.26. The predicted molar refractivity (Wildman–Crippen MR) is 124 cm³/mol. The van der Waals surface area contributed by atoms with Crippen molar-refractivity contribution < 1.29 is 22.7 Å². The van der Waals surface area contributed by atoms with Crippen LogP contribution in [0, 0.1) is 6.92 Å². The molecule has 0 aliphatic carbocycles. The molecule has 0 spiro atoms. The molecule has 170 valence electrons. The minimum absolute atomic E-state index is 0.125. The van der Waals surface area contributed by atoms with Gasteiger partial charge in [-0.1, -0.05) is 6.07 Å².